The summed E-state index contributed by atoms with van der Waals surface area (Å²) in [4.78, 5) is 18.2. The number of hydrogen-bond donors (Lipinski definition) is 3. The van der Waals surface area contributed by atoms with E-state index in [1.165, 1.54) is 5.56 Å². The smallest absolute Gasteiger partial charge is 0.182 e. The Kier molecular flexibility index (Phi) is 3.57. The number of nitrogens with zero attached hydrogens (tertiary/aromatic N) is 4. The van der Waals surface area contributed by atoms with Crippen LogP contribution in [0.25, 0.3) is 11.2 Å². The van der Waals surface area contributed by atoms with E-state index in [-0.39, 0.29) is 11.2 Å². The van der Waals surface area contributed by atoms with Gasteiger partial charge in [-0.1, -0.05) is 12.1 Å². The molecule has 1 saturated heterocycles. The molecule has 1 aliphatic heterocycles. The van der Waals surface area contributed by atoms with Crippen molar-refractivity contribution in [3.63, 3.8) is 0 Å². The predicted molar refractivity (Wildman–Crippen MR) is 92.0 cm³/mol. The third-order valence-corrected chi connectivity index (χ3v) is 5.09. The molecule has 4 rings (SSSR count). The number of nitrogens with two attached hydrogens (primary N) is 1. The molecule has 0 radical (unpaired) electrons. The molecule has 1 aromatic carbocycles. The van der Waals surface area contributed by atoms with Crippen molar-refractivity contribution in [3.8, 4) is 5.75 Å². The van der Waals surface area contributed by atoms with E-state index in [4.69, 9.17) is 5.73 Å². The van der Waals surface area contributed by atoms with E-state index in [9.17, 15) is 5.11 Å². The number of piperidine rings is 1. The van der Waals surface area contributed by atoms with Crippen LogP contribution in [0.4, 0.5) is 5.82 Å². The molecule has 3 aromatic rings. The molecule has 0 bridgehead atoms. The number of aromatic amines is 1. The summed E-state index contributed by atoms with van der Waals surface area (Å²) in [7, 11) is 0. The van der Waals surface area contributed by atoms with E-state index in [0.717, 1.165) is 37.3 Å². The van der Waals surface area contributed by atoms with Crippen molar-refractivity contribution in [1.29, 1.82) is 0 Å². The molecule has 7 nitrogen and oxygen atoms in total. The number of imidazole rings is 1. The van der Waals surface area contributed by atoms with E-state index in [1.807, 2.05) is 12.1 Å². The van der Waals surface area contributed by atoms with E-state index in [2.05, 4.69) is 24.8 Å². The van der Waals surface area contributed by atoms with Crippen LogP contribution in [0.5, 0.6) is 5.75 Å². The number of H-pyrrole nitrogens is 1. The van der Waals surface area contributed by atoms with Crippen LogP contribution in [0.1, 0.15) is 18.4 Å². The van der Waals surface area contributed by atoms with Crippen LogP contribution in [0.2, 0.25) is 0 Å². The summed E-state index contributed by atoms with van der Waals surface area (Å²) in [6.45, 7) is 2.32. The van der Waals surface area contributed by atoms with Gasteiger partial charge in [0.25, 0.3) is 0 Å². The summed E-state index contributed by atoms with van der Waals surface area (Å²) < 4.78 is 0. The van der Waals surface area contributed by atoms with Gasteiger partial charge in [0.2, 0.25) is 0 Å². The van der Waals surface area contributed by atoms with Gasteiger partial charge < -0.3 is 20.7 Å². The molecular formula is C17H20N6O. The Balaban J connectivity index is 1.59. The fraction of sp³-hybridized carbons (Fsp3) is 0.353. The maximum Gasteiger partial charge on any atom is 0.182 e. The van der Waals surface area contributed by atoms with Crippen molar-refractivity contribution in [2.45, 2.75) is 18.3 Å². The van der Waals surface area contributed by atoms with Crippen LogP contribution in [0.15, 0.2) is 36.9 Å². The van der Waals surface area contributed by atoms with E-state index >= 15 is 0 Å². The molecule has 0 saturated carbocycles. The predicted octanol–water partition coefficient (Wildman–Crippen LogP) is 1.56. The minimum atomic E-state index is -0.0513. The van der Waals surface area contributed by atoms with Gasteiger partial charge in [0.15, 0.2) is 11.5 Å². The topological polar surface area (TPSA) is 104 Å². The average Bonchev–Trinajstić information content (AvgIpc) is 3.11. The zero-order valence-corrected chi connectivity index (χ0v) is 13.3. The van der Waals surface area contributed by atoms with Crippen molar-refractivity contribution in [1.82, 2.24) is 19.9 Å². The first-order valence-corrected chi connectivity index (χ1v) is 8.10. The number of phenolic OH excluding ortho intramolecular Hbond substituents is 1. The van der Waals surface area contributed by atoms with Gasteiger partial charge in [0, 0.05) is 25.0 Å². The van der Waals surface area contributed by atoms with Gasteiger partial charge in [0.1, 0.15) is 17.6 Å². The van der Waals surface area contributed by atoms with Gasteiger partial charge in [0.05, 0.1) is 6.33 Å². The quantitative estimate of drug-likeness (QED) is 0.675. The second kappa shape index (κ2) is 5.76. The second-order valence-electron chi connectivity index (χ2n) is 6.32. The Labute approximate surface area is 139 Å². The van der Waals surface area contributed by atoms with E-state index in [1.54, 1.807) is 24.8 Å². The third kappa shape index (κ3) is 2.37. The van der Waals surface area contributed by atoms with Crippen molar-refractivity contribution in [3.05, 3.63) is 42.5 Å². The maximum atomic E-state index is 9.52. The molecule has 24 heavy (non-hydrogen) atoms. The first-order chi connectivity index (χ1) is 11.7. The van der Waals surface area contributed by atoms with Crippen molar-refractivity contribution < 1.29 is 5.11 Å². The lowest BCUT2D eigenvalue weighted by molar-refractivity contribution is 0.339. The third-order valence-electron chi connectivity index (χ3n) is 5.09. The molecule has 0 amide bonds. The van der Waals surface area contributed by atoms with Crippen LogP contribution in [0, 0.1) is 0 Å². The maximum absolute atomic E-state index is 9.52. The van der Waals surface area contributed by atoms with Crippen LogP contribution in [0.3, 0.4) is 0 Å². The summed E-state index contributed by atoms with van der Waals surface area (Å²) >= 11 is 0. The Morgan fingerprint density at radius 2 is 1.88 bits per heavy atom. The van der Waals surface area contributed by atoms with E-state index in [0.29, 0.717) is 12.2 Å². The first-order valence-electron chi connectivity index (χ1n) is 8.10. The molecule has 3 heterocycles. The lowest BCUT2D eigenvalue weighted by Gasteiger charge is -2.42. The molecular weight excluding hydrogens is 304 g/mol. The monoisotopic (exact) mass is 324 g/mol. The van der Waals surface area contributed by atoms with Gasteiger partial charge in [-0.2, -0.15) is 0 Å². The van der Waals surface area contributed by atoms with Gasteiger partial charge in [-0.05, 0) is 30.5 Å². The van der Waals surface area contributed by atoms with Gasteiger partial charge >= 0.3 is 0 Å². The van der Waals surface area contributed by atoms with Crippen molar-refractivity contribution in [2.75, 3.05) is 24.5 Å². The Bertz CT molecular complexity index is 836. The Morgan fingerprint density at radius 1 is 1.12 bits per heavy atom. The van der Waals surface area contributed by atoms with Crippen LogP contribution >= 0.6 is 0 Å². The number of aromatic hydroxyl groups is 1. The molecule has 2 aromatic heterocycles. The molecule has 4 N–H and O–H groups in total. The Hall–Kier alpha value is -2.67. The zero-order chi connectivity index (χ0) is 16.6. The fourth-order valence-corrected chi connectivity index (χ4v) is 3.56. The Morgan fingerprint density at radius 3 is 2.58 bits per heavy atom. The summed E-state index contributed by atoms with van der Waals surface area (Å²) in [5.41, 5.74) is 8.85. The van der Waals surface area contributed by atoms with Gasteiger partial charge in [-0.3, -0.25) is 0 Å². The number of anilines is 1. The summed E-state index contributed by atoms with van der Waals surface area (Å²) in [6, 6.07) is 7.43. The number of benzene rings is 1. The SMILES string of the molecule is NCC1(c2ccc(O)cc2)CCN(c2ncnc3nc[nH]c23)CC1. The average molecular weight is 324 g/mol. The zero-order valence-electron chi connectivity index (χ0n) is 13.3. The lowest BCUT2D eigenvalue weighted by atomic mass is 9.73. The lowest BCUT2D eigenvalue weighted by Crippen LogP contribution is -2.47. The van der Waals surface area contributed by atoms with Gasteiger partial charge in [-0.25, -0.2) is 15.0 Å². The summed E-state index contributed by atoms with van der Waals surface area (Å²) in [5.74, 6) is 1.18. The molecule has 0 unspecified atom stereocenters. The minimum Gasteiger partial charge on any atom is -0.508 e. The van der Waals surface area contributed by atoms with Crippen molar-refractivity contribution in [2.24, 2.45) is 5.73 Å². The number of hydrogen-bond acceptors (Lipinski definition) is 6. The summed E-state index contributed by atoms with van der Waals surface area (Å²) in [5, 5.41) is 9.52. The second-order valence-corrected chi connectivity index (χ2v) is 6.32. The highest BCUT2D eigenvalue weighted by Crippen LogP contribution is 2.37. The molecule has 124 valence electrons. The van der Waals surface area contributed by atoms with Crippen LogP contribution < -0.4 is 10.6 Å². The fourth-order valence-electron chi connectivity index (χ4n) is 3.56. The number of aromatic nitrogens is 4. The summed E-state index contributed by atoms with van der Waals surface area (Å²) in [6.07, 6.45) is 5.08. The van der Waals surface area contributed by atoms with Crippen molar-refractivity contribution >= 4 is 17.0 Å². The normalized spacial score (nSPS) is 17.3. The highest BCUT2D eigenvalue weighted by Gasteiger charge is 2.35. The molecule has 0 spiro atoms. The highest BCUT2D eigenvalue weighted by molar-refractivity contribution is 5.82. The largest absolute Gasteiger partial charge is 0.508 e. The van der Waals surface area contributed by atoms with E-state index < -0.39 is 0 Å². The first kappa shape index (κ1) is 14.9. The van der Waals surface area contributed by atoms with Crippen LogP contribution in [-0.4, -0.2) is 44.7 Å². The molecule has 1 aliphatic rings. The standard InChI is InChI=1S/C17H20N6O/c18-9-17(12-1-3-13(24)4-2-12)5-7-23(8-6-17)16-14-15(20-10-19-14)21-11-22-16/h1-4,10-11,24H,5-9,18H2,(H,19,20,21,22). The highest BCUT2D eigenvalue weighted by atomic mass is 16.3. The number of phenols is 1. The molecule has 1 fully saturated rings. The number of rotatable bonds is 3. The minimum absolute atomic E-state index is 0.0513. The molecule has 7 heteroatoms. The molecule has 0 atom stereocenters. The number of fused-ring (bicyclic) bond motifs is 1. The van der Waals surface area contributed by atoms with Crippen LogP contribution in [-0.2, 0) is 5.41 Å². The number of nitrogens with one attached hydrogen (secondary N) is 1. The molecule has 0 aliphatic carbocycles. The van der Waals surface area contributed by atoms with Gasteiger partial charge in [-0.15, -0.1) is 0 Å².